The van der Waals surface area contributed by atoms with Crippen LogP contribution in [0.15, 0.2) is 42.5 Å². The summed E-state index contributed by atoms with van der Waals surface area (Å²) in [5.41, 5.74) is 3.38. The maximum atomic E-state index is 12.4. The molecule has 0 aliphatic heterocycles. The standard InChI is InChI=1S/C22H28ClNO2/c1-14-13-19(11-12-20(14)23)26-16(3)21(25)24-15(2)17-7-9-18(10-8-17)22(4,5)6/h7-13,15-16H,1-6H3,(H,24,25)/t15-,16-/m0/s1. The lowest BCUT2D eigenvalue weighted by Crippen LogP contribution is -2.37. The zero-order valence-electron chi connectivity index (χ0n) is 16.4. The molecule has 2 atom stereocenters. The topological polar surface area (TPSA) is 38.3 Å². The summed E-state index contributed by atoms with van der Waals surface area (Å²) in [6.45, 7) is 12.2. The number of rotatable bonds is 5. The highest BCUT2D eigenvalue weighted by Crippen LogP contribution is 2.24. The lowest BCUT2D eigenvalue weighted by Gasteiger charge is -2.22. The van der Waals surface area contributed by atoms with Gasteiger partial charge in [-0.25, -0.2) is 0 Å². The number of hydrogen-bond acceptors (Lipinski definition) is 2. The summed E-state index contributed by atoms with van der Waals surface area (Å²) in [5.74, 6) is 0.488. The zero-order chi connectivity index (χ0) is 19.5. The average Bonchev–Trinajstić information content (AvgIpc) is 2.57. The highest BCUT2D eigenvalue weighted by molar-refractivity contribution is 6.31. The van der Waals surface area contributed by atoms with Crippen molar-refractivity contribution in [3.63, 3.8) is 0 Å². The van der Waals surface area contributed by atoms with Crippen LogP contribution in [0, 0.1) is 6.92 Å². The van der Waals surface area contributed by atoms with Gasteiger partial charge in [0.15, 0.2) is 6.10 Å². The fourth-order valence-corrected chi connectivity index (χ4v) is 2.75. The van der Waals surface area contributed by atoms with Crippen LogP contribution < -0.4 is 10.1 Å². The molecule has 0 aliphatic rings. The summed E-state index contributed by atoms with van der Waals surface area (Å²) in [4.78, 5) is 12.4. The van der Waals surface area contributed by atoms with Gasteiger partial charge < -0.3 is 10.1 Å². The Morgan fingerprint density at radius 2 is 1.69 bits per heavy atom. The minimum Gasteiger partial charge on any atom is -0.481 e. The van der Waals surface area contributed by atoms with Gasteiger partial charge in [0.05, 0.1) is 6.04 Å². The van der Waals surface area contributed by atoms with E-state index in [0.29, 0.717) is 10.8 Å². The first-order valence-corrected chi connectivity index (χ1v) is 9.29. The van der Waals surface area contributed by atoms with Gasteiger partial charge in [-0.2, -0.15) is 0 Å². The van der Waals surface area contributed by atoms with Gasteiger partial charge in [0, 0.05) is 5.02 Å². The summed E-state index contributed by atoms with van der Waals surface area (Å²) in [6, 6.07) is 13.7. The smallest absolute Gasteiger partial charge is 0.261 e. The van der Waals surface area contributed by atoms with Crippen molar-refractivity contribution in [1.29, 1.82) is 0 Å². The Bertz CT molecular complexity index is 763. The number of benzene rings is 2. The van der Waals surface area contributed by atoms with Crippen molar-refractivity contribution < 1.29 is 9.53 Å². The Morgan fingerprint density at radius 3 is 2.23 bits per heavy atom. The second-order valence-electron chi connectivity index (χ2n) is 7.77. The maximum Gasteiger partial charge on any atom is 0.261 e. The molecular weight excluding hydrogens is 346 g/mol. The van der Waals surface area contributed by atoms with Crippen molar-refractivity contribution in [2.45, 2.75) is 59.1 Å². The minimum absolute atomic E-state index is 0.0884. The normalized spacial score (nSPS) is 13.8. The molecule has 0 aliphatic carbocycles. The maximum absolute atomic E-state index is 12.4. The minimum atomic E-state index is -0.591. The first-order valence-electron chi connectivity index (χ1n) is 8.91. The van der Waals surface area contributed by atoms with Crippen molar-refractivity contribution in [2.75, 3.05) is 0 Å². The molecular formula is C22H28ClNO2. The Kier molecular flexibility index (Phi) is 6.35. The van der Waals surface area contributed by atoms with Gasteiger partial charge in [0.2, 0.25) is 0 Å². The molecule has 0 heterocycles. The highest BCUT2D eigenvalue weighted by Gasteiger charge is 2.19. The summed E-state index contributed by atoms with van der Waals surface area (Å²) >= 11 is 6.02. The molecule has 1 N–H and O–H groups in total. The van der Waals surface area contributed by atoms with E-state index in [-0.39, 0.29) is 17.4 Å². The molecule has 0 saturated heterocycles. The quantitative estimate of drug-likeness (QED) is 0.741. The SMILES string of the molecule is Cc1cc(O[C@@H](C)C(=O)N[C@@H](C)c2ccc(C(C)(C)C)cc2)ccc1Cl. The van der Waals surface area contributed by atoms with Gasteiger partial charge in [0.25, 0.3) is 5.91 Å². The van der Waals surface area contributed by atoms with Crippen LogP contribution in [0.2, 0.25) is 5.02 Å². The molecule has 2 rings (SSSR count). The van der Waals surface area contributed by atoms with E-state index >= 15 is 0 Å². The Balaban J connectivity index is 1.98. The number of carbonyl (C=O) groups excluding carboxylic acids is 1. The molecule has 0 unspecified atom stereocenters. The molecule has 1 amide bonds. The first kappa shape index (κ1) is 20.3. The summed E-state index contributed by atoms with van der Waals surface area (Å²) in [7, 11) is 0. The third-order valence-electron chi connectivity index (χ3n) is 4.45. The number of carbonyl (C=O) groups is 1. The first-order chi connectivity index (χ1) is 12.1. The number of hydrogen-bond donors (Lipinski definition) is 1. The Labute approximate surface area is 161 Å². The van der Waals surface area contributed by atoms with E-state index in [1.165, 1.54) is 5.56 Å². The fourth-order valence-electron chi connectivity index (χ4n) is 2.63. The Hall–Kier alpha value is -2.00. The molecule has 3 nitrogen and oxygen atoms in total. The van der Waals surface area contributed by atoms with Crippen LogP contribution in [-0.4, -0.2) is 12.0 Å². The monoisotopic (exact) mass is 373 g/mol. The molecule has 4 heteroatoms. The van der Waals surface area contributed by atoms with Crippen molar-refractivity contribution in [3.8, 4) is 5.75 Å². The van der Waals surface area contributed by atoms with Gasteiger partial charge in [-0.3, -0.25) is 4.79 Å². The van der Waals surface area contributed by atoms with Crippen LogP contribution in [0.1, 0.15) is 57.4 Å². The summed E-state index contributed by atoms with van der Waals surface area (Å²) in [6.07, 6.45) is -0.591. The molecule has 140 valence electrons. The van der Waals surface area contributed by atoms with Crippen molar-refractivity contribution in [3.05, 3.63) is 64.2 Å². The van der Waals surface area contributed by atoms with Gasteiger partial charge in [-0.15, -0.1) is 0 Å². The zero-order valence-corrected chi connectivity index (χ0v) is 17.1. The Morgan fingerprint density at radius 1 is 1.08 bits per heavy atom. The third kappa shape index (κ3) is 5.25. The molecule has 0 fully saturated rings. The van der Waals surface area contributed by atoms with E-state index in [2.05, 4.69) is 50.4 Å². The second kappa shape index (κ2) is 8.13. The van der Waals surface area contributed by atoms with Gasteiger partial charge in [-0.05, 0) is 61.1 Å². The van der Waals surface area contributed by atoms with E-state index in [9.17, 15) is 4.79 Å². The predicted octanol–water partition coefficient (Wildman–Crippen LogP) is 5.59. The number of amides is 1. The lowest BCUT2D eigenvalue weighted by molar-refractivity contribution is -0.127. The third-order valence-corrected chi connectivity index (χ3v) is 4.87. The molecule has 0 radical (unpaired) electrons. The number of ether oxygens (including phenoxy) is 1. The summed E-state index contributed by atoms with van der Waals surface area (Å²) in [5, 5.41) is 3.69. The molecule has 0 saturated carbocycles. The predicted molar refractivity (Wildman–Crippen MR) is 108 cm³/mol. The van der Waals surface area contributed by atoms with Gasteiger partial charge >= 0.3 is 0 Å². The molecule has 0 bridgehead atoms. The van der Waals surface area contributed by atoms with Crippen molar-refractivity contribution in [1.82, 2.24) is 5.32 Å². The van der Waals surface area contributed by atoms with Crippen LogP contribution >= 0.6 is 11.6 Å². The molecule has 2 aromatic carbocycles. The van der Waals surface area contributed by atoms with Crippen molar-refractivity contribution >= 4 is 17.5 Å². The van der Waals surface area contributed by atoms with Crippen LogP contribution in [0.3, 0.4) is 0 Å². The van der Waals surface area contributed by atoms with Crippen LogP contribution in [0.5, 0.6) is 5.75 Å². The molecule has 2 aromatic rings. The highest BCUT2D eigenvalue weighted by atomic mass is 35.5. The number of halogens is 1. The molecule has 0 spiro atoms. The number of aryl methyl sites for hydroxylation is 1. The molecule has 26 heavy (non-hydrogen) atoms. The van der Waals surface area contributed by atoms with Crippen LogP contribution in [-0.2, 0) is 10.2 Å². The van der Waals surface area contributed by atoms with Crippen LogP contribution in [0.25, 0.3) is 0 Å². The van der Waals surface area contributed by atoms with E-state index in [1.54, 1.807) is 19.1 Å². The van der Waals surface area contributed by atoms with E-state index in [4.69, 9.17) is 16.3 Å². The lowest BCUT2D eigenvalue weighted by atomic mass is 9.86. The average molecular weight is 374 g/mol. The van der Waals surface area contributed by atoms with E-state index in [0.717, 1.165) is 11.1 Å². The largest absolute Gasteiger partial charge is 0.481 e. The van der Waals surface area contributed by atoms with Crippen LogP contribution in [0.4, 0.5) is 0 Å². The second-order valence-corrected chi connectivity index (χ2v) is 8.18. The van der Waals surface area contributed by atoms with Gasteiger partial charge in [-0.1, -0.05) is 56.6 Å². The van der Waals surface area contributed by atoms with Gasteiger partial charge in [0.1, 0.15) is 5.75 Å². The van der Waals surface area contributed by atoms with Crippen molar-refractivity contribution in [2.24, 2.45) is 0 Å². The summed E-state index contributed by atoms with van der Waals surface area (Å²) < 4.78 is 5.74. The number of nitrogens with one attached hydrogen (secondary N) is 1. The van der Waals surface area contributed by atoms with E-state index < -0.39 is 6.10 Å². The molecule has 0 aromatic heterocycles. The van der Waals surface area contributed by atoms with E-state index in [1.807, 2.05) is 19.9 Å². The fraction of sp³-hybridized carbons (Fsp3) is 0.409.